The molecule has 1 amide bonds. The standard InChI is InChI=1S/C18H22N2O4S/c1-13-8-10-16(11-9-13)24-14(2)18(21)19-12-15-6-4-5-7-17(15)20-25(3,22)23/h4-11,14,20H,12H2,1-3H3,(H,19,21). The van der Waals surface area contributed by atoms with Crippen molar-refractivity contribution in [2.24, 2.45) is 0 Å². The molecule has 1 atom stereocenters. The number of para-hydroxylation sites is 1. The van der Waals surface area contributed by atoms with Crippen LogP contribution >= 0.6 is 0 Å². The van der Waals surface area contributed by atoms with Crippen molar-refractivity contribution in [3.63, 3.8) is 0 Å². The Morgan fingerprint density at radius 1 is 1.12 bits per heavy atom. The summed E-state index contributed by atoms with van der Waals surface area (Å²) in [5.74, 6) is 0.335. The topological polar surface area (TPSA) is 84.5 Å². The van der Waals surface area contributed by atoms with Crippen LogP contribution in [0.5, 0.6) is 5.75 Å². The zero-order valence-corrected chi connectivity index (χ0v) is 15.3. The van der Waals surface area contributed by atoms with E-state index in [0.29, 0.717) is 17.0 Å². The van der Waals surface area contributed by atoms with Crippen LogP contribution in [0.15, 0.2) is 48.5 Å². The van der Waals surface area contributed by atoms with Crippen molar-refractivity contribution in [1.82, 2.24) is 5.32 Å². The number of rotatable bonds is 7. The molecule has 0 aliphatic heterocycles. The average molecular weight is 362 g/mol. The molecular formula is C18H22N2O4S. The van der Waals surface area contributed by atoms with Gasteiger partial charge in [0.15, 0.2) is 6.10 Å². The number of hydrogen-bond donors (Lipinski definition) is 2. The summed E-state index contributed by atoms with van der Waals surface area (Å²) >= 11 is 0. The van der Waals surface area contributed by atoms with Crippen LogP contribution in [-0.4, -0.2) is 26.7 Å². The Labute approximate surface area is 148 Å². The summed E-state index contributed by atoms with van der Waals surface area (Å²) in [7, 11) is -3.39. The maximum Gasteiger partial charge on any atom is 0.261 e. The van der Waals surface area contributed by atoms with E-state index in [0.717, 1.165) is 11.8 Å². The van der Waals surface area contributed by atoms with Crippen LogP contribution < -0.4 is 14.8 Å². The molecule has 134 valence electrons. The number of carbonyl (C=O) groups is 1. The van der Waals surface area contributed by atoms with Gasteiger partial charge in [-0.1, -0.05) is 35.9 Å². The molecule has 7 heteroatoms. The summed E-state index contributed by atoms with van der Waals surface area (Å²) in [5.41, 5.74) is 2.22. The zero-order valence-electron chi connectivity index (χ0n) is 14.4. The first-order valence-electron chi connectivity index (χ1n) is 7.81. The molecule has 2 N–H and O–H groups in total. The first-order valence-corrected chi connectivity index (χ1v) is 9.70. The molecule has 0 bridgehead atoms. The second-order valence-corrected chi connectivity index (χ2v) is 7.57. The van der Waals surface area contributed by atoms with Gasteiger partial charge in [-0.05, 0) is 37.6 Å². The van der Waals surface area contributed by atoms with Crippen LogP contribution in [0.2, 0.25) is 0 Å². The fourth-order valence-electron chi connectivity index (χ4n) is 2.17. The molecule has 0 saturated carbocycles. The summed E-state index contributed by atoms with van der Waals surface area (Å²) in [4.78, 5) is 12.2. The van der Waals surface area contributed by atoms with E-state index in [2.05, 4.69) is 10.0 Å². The number of carbonyl (C=O) groups excluding carboxylic acids is 1. The Morgan fingerprint density at radius 2 is 1.76 bits per heavy atom. The predicted octanol–water partition coefficient (Wildman–Crippen LogP) is 2.45. The fourth-order valence-corrected chi connectivity index (χ4v) is 2.77. The largest absolute Gasteiger partial charge is 0.481 e. The van der Waals surface area contributed by atoms with Gasteiger partial charge < -0.3 is 10.1 Å². The van der Waals surface area contributed by atoms with Crippen molar-refractivity contribution in [3.8, 4) is 5.75 Å². The van der Waals surface area contributed by atoms with E-state index in [1.54, 1.807) is 31.2 Å². The normalized spacial score (nSPS) is 12.3. The second kappa shape index (κ2) is 8.02. The molecule has 2 rings (SSSR count). The van der Waals surface area contributed by atoms with Crippen molar-refractivity contribution in [3.05, 3.63) is 59.7 Å². The SMILES string of the molecule is Cc1ccc(OC(C)C(=O)NCc2ccccc2NS(C)(=O)=O)cc1. The van der Waals surface area contributed by atoms with Gasteiger partial charge in [0.2, 0.25) is 10.0 Å². The molecule has 0 aromatic heterocycles. The Bertz CT molecular complexity index is 832. The number of benzene rings is 2. The Hall–Kier alpha value is -2.54. The smallest absolute Gasteiger partial charge is 0.261 e. The summed E-state index contributed by atoms with van der Waals surface area (Å²) in [6.45, 7) is 3.83. The van der Waals surface area contributed by atoms with Crippen molar-refractivity contribution < 1.29 is 17.9 Å². The van der Waals surface area contributed by atoms with Crippen LogP contribution in [0.3, 0.4) is 0 Å². The Morgan fingerprint density at radius 3 is 2.40 bits per heavy atom. The lowest BCUT2D eigenvalue weighted by Gasteiger charge is -2.16. The maximum absolute atomic E-state index is 12.2. The zero-order chi connectivity index (χ0) is 18.4. The summed E-state index contributed by atoms with van der Waals surface area (Å²) in [6, 6.07) is 14.3. The summed E-state index contributed by atoms with van der Waals surface area (Å²) in [5, 5.41) is 2.76. The molecule has 0 saturated heterocycles. The summed E-state index contributed by atoms with van der Waals surface area (Å²) in [6.07, 6.45) is 0.414. The van der Waals surface area contributed by atoms with E-state index in [1.165, 1.54) is 0 Å². The number of ether oxygens (including phenoxy) is 1. The Kier molecular flexibility index (Phi) is 6.03. The van der Waals surface area contributed by atoms with E-state index in [9.17, 15) is 13.2 Å². The molecule has 0 fully saturated rings. The number of aryl methyl sites for hydroxylation is 1. The molecule has 0 aliphatic carbocycles. The van der Waals surface area contributed by atoms with Gasteiger partial charge in [0, 0.05) is 6.54 Å². The number of amides is 1. The van der Waals surface area contributed by atoms with E-state index in [1.807, 2.05) is 31.2 Å². The maximum atomic E-state index is 12.2. The lowest BCUT2D eigenvalue weighted by atomic mass is 10.2. The van der Waals surface area contributed by atoms with E-state index >= 15 is 0 Å². The van der Waals surface area contributed by atoms with E-state index in [4.69, 9.17) is 4.74 Å². The highest BCUT2D eigenvalue weighted by atomic mass is 32.2. The predicted molar refractivity (Wildman–Crippen MR) is 98.0 cm³/mol. The highest BCUT2D eigenvalue weighted by Gasteiger charge is 2.15. The van der Waals surface area contributed by atoms with E-state index < -0.39 is 16.1 Å². The Balaban J connectivity index is 1.96. The molecule has 2 aromatic rings. The lowest BCUT2D eigenvalue weighted by Crippen LogP contribution is -2.36. The summed E-state index contributed by atoms with van der Waals surface area (Å²) < 4.78 is 30.9. The molecular weight excluding hydrogens is 340 g/mol. The number of sulfonamides is 1. The van der Waals surface area contributed by atoms with Crippen LogP contribution in [0.25, 0.3) is 0 Å². The minimum Gasteiger partial charge on any atom is -0.481 e. The third-order valence-electron chi connectivity index (χ3n) is 3.47. The van der Waals surface area contributed by atoms with Gasteiger partial charge in [-0.25, -0.2) is 8.42 Å². The molecule has 0 aliphatic rings. The molecule has 1 unspecified atom stereocenters. The van der Waals surface area contributed by atoms with Gasteiger partial charge in [-0.15, -0.1) is 0 Å². The van der Waals surface area contributed by atoms with Gasteiger partial charge in [-0.2, -0.15) is 0 Å². The molecule has 0 heterocycles. The number of anilines is 1. The van der Waals surface area contributed by atoms with Crippen LogP contribution in [-0.2, 0) is 21.4 Å². The van der Waals surface area contributed by atoms with Crippen molar-refractivity contribution >= 4 is 21.6 Å². The van der Waals surface area contributed by atoms with Crippen molar-refractivity contribution in [2.75, 3.05) is 11.0 Å². The van der Waals surface area contributed by atoms with Crippen molar-refractivity contribution in [2.45, 2.75) is 26.5 Å². The molecule has 0 spiro atoms. The van der Waals surface area contributed by atoms with Crippen molar-refractivity contribution in [1.29, 1.82) is 0 Å². The minimum absolute atomic E-state index is 0.194. The monoisotopic (exact) mass is 362 g/mol. The third-order valence-corrected chi connectivity index (χ3v) is 4.06. The highest BCUT2D eigenvalue weighted by Crippen LogP contribution is 2.16. The lowest BCUT2D eigenvalue weighted by molar-refractivity contribution is -0.127. The fraction of sp³-hybridized carbons (Fsp3) is 0.278. The molecule has 0 radical (unpaired) electrons. The number of nitrogens with one attached hydrogen (secondary N) is 2. The highest BCUT2D eigenvalue weighted by molar-refractivity contribution is 7.92. The van der Waals surface area contributed by atoms with Crippen LogP contribution in [0, 0.1) is 6.92 Å². The molecule has 2 aromatic carbocycles. The van der Waals surface area contributed by atoms with Crippen LogP contribution in [0.1, 0.15) is 18.1 Å². The van der Waals surface area contributed by atoms with Crippen LogP contribution in [0.4, 0.5) is 5.69 Å². The van der Waals surface area contributed by atoms with Gasteiger partial charge >= 0.3 is 0 Å². The van der Waals surface area contributed by atoms with Gasteiger partial charge in [0.1, 0.15) is 5.75 Å². The van der Waals surface area contributed by atoms with E-state index in [-0.39, 0.29) is 12.5 Å². The first kappa shape index (κ1) is 18.8. The van der Waals surface area contributed by atoms with Gasteiger partial charge in [0.25, 0.3) is 5.91 Å². The number of hydrogen-bond acceptors (Lipinski definition) is 4. The molecule has 6 nitrogen and oxygen atoms in total. The second-order valence-electron chi connectivity index (χ2n) is 5.82. The molecule has 25 heavy (non-hydrogen) atoms. The minimum atomic E-state index is -3.39. The average Bonchev–Trinajstić information content (AvgIpc) is 2.54. The first-order chi connectivity index (χ1) is 11.7. The van der Waals surface area contributed by atoms with Gasteiger partial charge in [0.05, 0.1) is 11.9 Å². The quantitative estimate of drug-likeness (QED) is 0.792. The third kappa shape index (κ3) is 6.11. The van der Waals surface area contributed by atoms with Gasteiger partial charge in [-0.3, -0.25) is 9.52 Å².